The molecule has 30 heteroatoms. The van der Waals surface area contributed by atoms with Crippen LogP contribution in [0.4, 0.5) is 5.69 Å². The van der Waals surface area contributed by atoms with E-state index in [1.165, 1.54) is 47.0 Å². The Kier molecular flexibility index (Phi) is 31.1. The Bertz CT molecular complexity index is 2700. The van der Waals surface area contributed by atoms with Gasteiger partial charge in [-0.25, -0.2) is 0 Å². The molecule has 0 saturated carbocycles. The molecule has 5 aliphatic heterocycles. The van der Waals surface area contributed by atoms with E-state index in [0.29, 0.717) is 50.0 Å². The van der Waals surface area contributed by atoms with E-state index in [-0.39, 0.29) is 160 Å². The van der Waals surface area contributed by atoms with Crippen LogP contribution in [0.3, 0.4) is 0 Å². The fourth-order valence-corrected chi connectivity index (χ4v) is 14.6. The molecule has 484 valence electrons. The molecule has 0 unspecified atom stereocenters. The van der Waals surface area contributed by atoms with Crippen LogP contribution in [0.15, 0.2) is 48.5 Å². The van der Waals surface area contributed by atoms with Crippen LogP contribution in [0.2, 0.25) is 0 Å². The van der Waals surface area contributed by atoms with E-state index in [2.05, 4.69) is 22.0 Å². The molecule has 5 heterocycles. The molecule has 0 spiro atoms. The third-order valence-electron chi connectivity index (χ3n) is 14.3. The lowest BCUT2D eigenvalue weighted by atomic mass is 9.95. The van der Waals surface area contributed by atoms with E-state index >= 15 is 0 Å². The highest BCUT2D eigenvalue weighted by molar-refractivity contribution is 8.24. The Balaban J connectivity index is 0.925. The van der Waals surface area contributed by atoms with Crippen molar-refractivity contribution in [2.24, 2.45) is 0 Å². The number of carbonyl (C=O) groups excluding carboxylic acids is 8. The highest BCUT2D eigenvalue weighted by Gasteiger charge is 2.29. The molecule has 7 rings (SSSR count). The lowest BCUT2D eigenvalue weighted by Gasteiger charge is -2.28. The zero-order valence-corrected chi connectivity index (χ0v) is 56.2. The molecule has 4 saturated heterocycles. The van der Waals surface area contributed by atoms with Gasteiger partial charge in [-0.05, 0) is 41.3 Å². The zero-order chi connectivity index (χ0) is 63.5. The molecule has 2 aromatic carbocycles. The van der Waals surface area contributed by atoms with Gasteiger partial charge in [-0.3, -0.25) is 58.0 Å². The summed E-state index contributed by atoms with van der Waals surface area (Å²) in [6.45, 7) is 4.49. The van der Waals surface area contributed by atoms with Gasteiger partial charge in [-0.1, -0.05) is 138 Å². The number of benzene rings is 2. The highest BCUT2D eigenvalue weighted by atomic mass is 32.2. The Hall–Kier alpha value is -4.54. The number of allylic oxidation sites excluding steroid dienone is 1. The van der Waals surface area contributed by atoms with E-state index in [0.717, 1.165) is 51.0 Å². The molecular weight excluding hydrogens is 1300 g/mol. The maximum absolute atomic E-state index is 14.1. The first-order chi connectivity index (χ1) is 43.0. The molecule has 4 fully saturated rings. The second-order valence-electron chi connectivity index (χ2n) is 20.9. The fourth-order valence-electron chi connectivity index (χ4n) is 9.68. The number of nitrogens with zero attached hydrogens (tertiary/aromatic N) is 5. The summed E-state index contributed by atoms with van der Waals surface area (Å²) in [6, 6.07) is 13.4. The summed E-state index contributed by atoms with van der Waals surface area (Å²) in [4.78, 5) is 114. The number of amides is 8. The number of hydrogen-bond donors (Lipinski definition) is 3. The average molecular weight is 1380 g/mol. The summed E-state index contributed by atoms with van der Waals surface area (Å²) < 4.78 is 37.5. The van der Waals surface area contributed by atoms with Crippen molar-refractivity contribution in [3.05, 3.63) is 65.2 Å². The topological polar surface area (TPSA) is 244 Å². The van der Waals surface area contributed by atoms with Crippen LogP contribution in [-0.4, -0.2) is 231 Å². The molecule has 0 radical (unpaired) electrons. The van der Waals surface area contributed by atoms with Crippen molar-refractivity contribution in [3.63, 3.8) is 0 Å². The second-order valence-corrected chi connectivity index (χ2v) is 27.8. The van der Waals surface area contributed by atoms with Crippen LogP contribution < -0.4 is 20.9 Å². The van der Waals surface area contributed by atoms with Crippen molar-refractivity contribution >= 4 is 178 Å². The lowest BCUT2D eigenvalue weighted by molar-refractivity contribution is -0.129. The molecule has 5 aliphatic rings. The first-order valence-corrected chi connectivity index (χ1v) is 35.0. The van der Waals surface area contributed by atoms with Gasteiger partial charge in [0.15, 0.2) is 0 Å². The van der Waals surface area contributed by atoms with Gasteiger partial charge in [0.2, 0.25) is 47.3 Å². The van der Waals surface area contributed by atoms with Gasteiger partial charge in [0, 0.05) is 74.9 Å². The van der Waals surface area contributed by atoms with Crippen molar-refractivity contribution < 1.29 is 66.8 Å². The van der Waals surface area contributed by atoms with Crippen LogP contribution in [0.5, 0.6) is 0 Å². The monoisotopic (exact) mass is 1380 g/mol. The van der Waals surface area contributed by atoms with Gasteiger partial charge in [0.1, 0.15) is 17.3 Å². The highest BCUT2D eigenvalue weighted by Crippen LogP contribution is 2.33. The molecule has 89 heavy (non-hydrogen) atoms. The minimum atomic E-state index is -0.782. The quantitative estimate of drug-likeness (QED) is 0.0586. The van der Waals surface area contributed by atoms with E-state index in [1.807, 2.05) is 55.5 Å². The number of anilines is 1. The third kappa shape index (κ3) is 23.8. The number of carbonyl (C=O) groups is 8. The number of rotatable bonds is 36. The lowest BCUT2D eigenvalue weighted by Crippen LogP contribution is -2.44. The Morgan fingerprint density at radius 3 is 1.12 bits per heavy atom. The van der Waals surface area contributed by atoms with Crippen molar-refractivity contribution in [1.29, 1.82) is 0 Å². The Labute approximate surface area is 557 Å². The molecular formula is C59H76N8O14S8. The summed E-state index contributed by atoms with van der Waals surface area (Å²) in [5.41, 5.74) is 4.66. The summed E-state index contributed by atoms with van der Waals surface area (Å²) in [5, 5.41) is 8.74. The van der Waals surface area contributed by atoms with Crippen LogP contribution in [0, 0.1) is 0 Å². The normalized spacial score (nSPS) is 16.4. The van der Waals surface area contributed by atoms with Crippen LogP contribution in [-0.2, 0) is 73.3 Å². The zero-order valence-electron chi connectivity index (χ0n) is 49.7. The van der Waals surface area contributed by atoms with Crippen molar-refractivity contribution in [3.8, 4) is 0 Å². The van der Waals surface area contributed by atoms with E-state index < -0.39 is 35.8 Å². The van der Waals surface area contributed by atoms with Crippen LogP contribution in [0.1, 0.15) is 75.0 Å². The maximum Gasteiger partial charge on any atom is 0.230 e. The number of thiocarbonyl (C=S) groups is 4. The summed E-state index contributed by atoms with van der Waals surface area (Å²) in [7, 11) is 0. The number of hydrogen-bond acceptors (Lipinski definition) is 22. The smallest absolute Gasteiger partial charge is 0.230 e. The molecule has 22 nitrogen and oxygen atoms in total. The molecule has 0 aliphatic carbocycles. The van der Waals surface area contributed by atoms with Gasteiger partial charge in [0.25, 0.3) is 0 Å². The number of ether oxygens (including phenoxy) is 6. The standard InChI is InChI=1S/C59H76N8O14S8/c1-40-32-41-6-3-5-9-47(41)67(33-42-7-2-4-8-46(40)42)51(71)11-10-48(68)60-43(34-76-22-12-49(69)61-44(36-78-24-14-52(72)63-18-28-86-56(63)82)37-79-25-15-53(73)64-19-29-87-57(64)83)35-77-23-13-50(70)62-45(38-80-26-16-54(74)65-20-30-88-58(65)84)39-81-27-17-55(75)66-21-31-89-59(66)85/h2-9,32,43-45H,10-31,33-39H2,1H3,(H,60,68)(H,61,69)(H,62,70)/b40-32-. The van der Waals surface area contributed by atoms with Gasteiger partial charge >= 0.3 is 0 Å². The van der Waals surface area contributed by atoms with Crippen LogP contribution in [0.25, 0.3) is 11.6 Å². The number of para-hydroxylation sites is 1. The van der Waals surface area contributed by atoms with Gasteiger partial charge in [-0.15, -0.1) is 0 Å². The fraction of sp³-hybridized carbons (Fsp3) is 0.559. The Morgan fingerprint density at radius 1 is 0.427 bits per heavy atom. The first kappa shape index (κ1) is 71.9. The summed E-state index contributed by atoms with van der Waals surface area (Å²) in [6.07, 6.45) is 1.93. The summed E-state index contributed by atoms with van der Waals surface area (Å²) >= 11 is 27.0. The predicted molar refractivity (Wildman–Crippen MR) is 362 cm³/mol. The predicted octanol–water partition coefficient (Wildman–Crippen LogP) is 5.21. The average Bonchev–Trinajstić information content (AvgIpc) is 2.98. The molecule has 3 N–H and O–H groups in total. The Morgan fingerprint density at radius 2 is 0.753 bits per heavy atom. The third-order valence-corrected chi connectivity index (χ3v) is 20.0. The number of thioether (sulfide) groups is 4. The van der Waals surface area contributed by atoms with Crippen molar-refractivity contribution in [2.75, 3.05) is 133 Å². The number of fused-ring (bicyclic) bond motifs is 2. The van der Waals surface area contributed by atoms with E-state index in [1.54, 1.807) is 24.5 Å². The van der Waals surface area contributed by atoms with Crippen molar-refractivity contribution in [2.45, 2.75) is 83.0 Å². The SMILES string of the molecule is C/C1=C/c2ccccc2N(C(=O)CCC(=O)NC(COCCC(=O)NC(COCCC(=O)N2CCSC2=S)COCCC(=O)N2CCSC2=S)COCCC(=O)NC(COCCC(=O)N2CCSC2=S)COCCC(=O)N2CCSC2=S)Cc2ccccc21. The van der Waals surface area contributed by atoms with E-state index in [4.69, 9.17) is 77.3 Å². The maximum atomic E-state index is 14.1. The van der Waals surface area contributed by atoms with Crippen LogP contribution >= 0.6 is 95.9 Å². The second kappa shape index (κ2) is 38.5. The minimum Gasteiger partial charge on any atom is -0.379 e. The van der Waals surface area contributed by atoms with Gasteiger partial charge in [-0.2, -0.15) is 0 Å². The van der Waals surface area contributed by atoms with Crippen molar-refractivity contribution in [1.82, 2.24) is 35.6 Å². The van der Waals surface area contributed by atoms with Gasteiger partial charge in [0.05, 0.1) is 135 Å². The first-order valence-electron chi connectivity index (χ1n) is 29.4. The molecule has 0 atom stereocenters. The number of nitrogens with one attached hydrogen (secondary N) is 3. The van der Waals surface area contributed by atoms with Gasteiger partial charge < -0.3 is 49.3 Å². The largest absolute Gasteiger partial charge is 0.379 e. The summed E-state index contributed by atoms with van der Waals surface area (Å²) in [5.74, 6) is 0.842. The minimum absolute atomic E-state index is 0.00912. The molecule has 8 amide bonds. The van der Waals surface area contributed by atoms with E-state index in [9.17, 15) is 38.4 Å². The molecule has 0 aromatic heterocycles. The molecule has 0 bridgehead atoms. The molecule has 2 aromatic rings.